The molecule has 5 atom stereocenters. The van der Waals surface area contributed by atoms with Crippen LogP contribution in [-0.2, 0) is 25.6 Å². The molecule has 0 spiro atoms. The van der Waals surface area contributed by atoms with E-state index in [1.807, 2.05) is 20.1 Å². The first-order chi connectivity index (χ1) is 17.1. The van der Waals surface area contributed by atoms with Crippen molar-refractivity contribution in [3.8, 4) is 5.75 Å². The third-order valence-electron chi connectivity index (χ3n) is 6.57. The SMILES string of the molecule is CCC(C)C(NC(=O)C(N)CCSC)C(=O)NC(Cc1ccc(O)cc1)C(=O)N1CCCC1C(=O)O. The predicted octanol–water partition coefficient (Wildman–Crippen LogP) is 1.11. The molecule has 0 bridgehead atoms. The molecular weight excluding hydrogens is 484 g/mol. The highest BCUT2D eigenvalue weighted by Crippen LogP contribution is 2.21. The molecule has 0 saturated carbocycles. The number of rotatable bonds is 13. The molecule has 1 aromatic rings. The molecule has 0 aromatic heterocycles. The molecule has 0 aliphatic carbocycles. The molecule has 1 aliphatic heterocycles. The van der Waals surface area contributed by atoms with Gasteiger partial charge in [-0.1, -0.05) is 32.4 Å². The summed E-state index contributed by atoms with van der Waals surface area (Å²) in [5, 5.41) is 24.7. The van der Waals surface area contributed by atoms with Crippen LogP contribution in [0, 0.1) is 5.92 Å². The summed E-state index contributed by atoms with van der Waals surface area (Å²) in [6.45, 7) is 4.01. The third kappa shape index (κ3) is 8.12. The Morgan fingerprint density at radius 1 is 1.17 bits per heavy atom. The van der Waals surface area contributed by atoms with E-state index in [2.05, 4.69) is 10.6 Å². The van der Waals surface area contributed by atoms with E-state index in [0.29, 0.717) is 37.0 Å². The summed E-state index contributed by atoms with van der Waals surface area (Å²) >= 11 is 1.57. The number of carbonyl (C=O) groups is 4. The van der Waals surface area contributed by atoms with Crippen molar-refractivity contribution in [2.75, 3.05) is 18.6 Å². The van der Waals surface area contributed by atoms with Crippen LogP contribution in [-0.4, -0.2) is 81.5 Å². The van der Waals surface area contributed by atoms with Gasteiger partial charge in [0.2, 0.25) is 17.7 Å². The quantitative estimate of drug-likeness (QED) is 0.257. The average Bonchev–Trinajstić information content (AvgIpc) is 3.36. The lowest BCUT2D eigenvalue weighted by Gasteiger charge is -2.30. The molecular formula is C25H38N4O6S. The van der Waals surface area contributed by atoms with E-state index < -0.39 is 47.9 Å². The van der Waals surface area contributed by atoms with E-state index in [9.17, 15) is 29.4 Å². The van der Waals surface area contributed by atoms with Crippen molar-refractivity contribution in [2.24, 2.45) is 11.7 Å². The summed E-state index contributed by atoms with van der Waals surface area (Å²) in [6, 6.07) is 2.57. The third-order valence-corrected chi connectivity index (χ3v) is 7.22. The van der Waals surface area contributed by atoms with Crippen molar-refractivity contribution in [1.82, 2.24) is 15.5 Å². The first kappa shape index (κ1) is 29.4. The number of carbonyl (C=O) groups excluding carboxylic acids is 3. The maximum Gasteiger partial charge on any atom is 0.326 e. The van der Waals surface area contributed by atoms with Gasteiger partial charge in [-0.2, -0.15) is 11.8 Å². The molecule has 1 saturated heterocycles. The van der Waals surface area contributed by atoms with Crippen molar-refractivity contribution in [3.05, 3.63) is 29.8 Å². The van der Waals surface area contributed by atoms with Crippen LogP contribution in [0.2, 0.25) is 0 Å². The molecule has 11 heteroatoms. The van der Waals surface area contributed by atoms with Gasteiger partial charge in [-0.15, -0.1) is 0 Å². The number of likely N-dealkylation sites (tertiary alicyclic amines) is 1. The molecule has 1 fully saturated rings. The topological polar surface area (TPSA) is 162 Å². The Balaban J connectivity index is 2.26. The smallest absolute Gasteiger partial charge is 0.326 e. The molecule has 0 radical (unpaired) electrons. The van der Waals surface area contributed by atoms with E-state index >= 15 is 0 Å². The number of phenols is 1. The minimum Gasteiger partial charge on any atom is -0.508 e. The zero-order chi connectivity index (χ0) is 26.8. The molecule has 200 valence electrons. The highest BCUT2D eigenvalue weighted by Gasteiger charge is 2.39. The standard InChI is InChI=1S/C25H38N4O6S/c1-4-15(2)21(28-22(31)18(26)11-13-36-3)23(32)27-19(14-16-7-9-17(30)10-8-16)24(33)29-12-5-6-20(29)25(34)35/h7-10,15,18-21,30H,4-6,11-14,26H2,1-3H3,(H,27,32)(H,28,31)(H,34,35). The van der Waals surface area contributed by atoms with Gasteiger partial charge in [0.15, 0.2) is 0 Å². The highest BCUT2D eigenvalue weighted by atomic mass is 32.2. The van der Waals surface area contributed by atoms with Crippen LogP contribution in [0.5, 0.6) is 5.75 Å². The minimum absolute atomic E-state index is 0.0634. The number of nitrogens with one attached hydrogen (secondary N) is 2. The number of hydrogen-bond acceptors (Lipinski definition) is 7. The van der Waals surface area contributed by atoms with Crippen molar-refractivity contribution in [1.29, 1.82) is 0 Å². The van der Waals surface area contributed by atoms with Crippen molar-refractivity contribution in [3.63, 3.8) is 0 Å². The molecule has 5 unspecified atom stereocenters. The number of nitrogens with two attached hydrogens (primary N) is 1. The Hall–Kier alpha value is -2.79. The van der Waals surface area contributed by atoms with Crippen LogP contribution in [0.25, 0.3) is 0 Å². The first-order valence-electron chi connectivity index (χ1n) is 12.2. The summed E-state index contributed by atoms with van der Waals surface area (Å²) in [4.78, 5) is 52.5. The number of carboxylic acid groups (broad SMARTS) is 1. The lowest BCUT2D eigenvalue weighted by molar-refractivity contribution is -0.149. The van der Waals surface area contributed by atoms with Crippen LogP contribution in [0.4, 0.5) is 0 Å². The Labute approximate surface area is 216 Å². The molecule has 36 heavy (non-hydrogen) atoms. The largest absolute Gasteiger partial charge is 0.508 e. The fraction of sp³-hybridized carbons (Fsp3) is 0.600. The van der Waals surface area contributed by atoms with Gasteiger partial charge >= 0.3 is 5.97 Å². The number of carboxylic acids is 1. The van der Waals surface area contributed by atoms with Crippen LogP contribution in [0.3, 0.4) is 0 Å². The number of thioether (sulfide) groups is 1. The van der Waals surface area contributed by atoms with Gasteiger partial charge in [-0.3, -0.25) is 14.4 Å². The maximum atomic E-state index is 13.5. The summed E-state index contributed by atoms with van der Waals surface area (Å²) in [7, 11) is 0. The number of nitrogens with zero attached hydrogens (tertiary/aromatic N) is 1. The van der Waals surface area contributed by atoms with E-state index in [-0.39, 0.29) is 24.6 Å². The molecule has 1 aliphatic rings. The molecule has 10 nitrogen and oxygen atoms in total. The summed E-state index contributed by atoms with van der Waals surface area (Å²) in [5.41, 5.74) is 6.67. The van der Waals surface area contributed by atoms with E-state index in [1.54, 1.807) is 23.9 Å². The Morgan fingerprint density at radius 3 is 2.42 bits per heavy atom. The highest BCUT2D eigenvalue weighted by molar-refractivity contribution is 7.98. The Kier molecular flexibility index (Phi) is 11.5. The number of hydrogen-bond donors (Lipinski definition) is 5. The van der Waals surface area contributed by atoms with Crippen molar-refractivity contribution in [2.45, 2.75) is 70.1 Å². The van der Waals surface area contributed by atoms with Crippen molar-refractivity contribution < 1.29 is 29.4 Å². The van der Waals surface area contributed by atoms with Gasteiger partial charge < -0.3 is 31.5 Å². The van der Waals surface area contributed by atoms with Gasteiger partial charge in [0.1, 0.15) is 23.9 Å². The molecule has 1 aromatic carbocycles. The van der Waals surface area contributed by atoms with Crippen LogP contribution < -0.4 is 16.4 Å². The summed E-state index contributed by atoms with van der Waals surface area (Å²) in [6.07, 6.45) is 3.99. The second-order valence-corrected chi connectivity index (χ2v) is 10.2. The monoisotopic (exact) mass is 522 g/mol. The zero-order valence-corrected chi connectivity index (χ0v) is 21.9. The second-order valence-electron chi connectivity index (χ2n) is 9.22. The molecule has 3 amide bonds. The normalized spacial score (nSPS) is 18.7. The van der Waals surface area contributed by atoms with Crippen molar-refractivity contribution >= 4 is 35.5 Å². The minimum atomic E-state index is -1.08. The number of benzene rings is 1. The fourth-order valence-electron chi connectivity index (χ4n) is 4.15. The van der Waals surface area contributed by atoms with Gasteiger partial charge in [-0.05, 0) is 54.9 Å². The van der Waals surface area contributed by atoms with Gasteiger partial charge in [-0.25, -0.2) is 4.79 Å². The van der Waals surface area contributed by atoms with Gasteiger partial charge in [0.25, 0.3) is 0 Å². The van der Waals surface area contributed by atoms with E-state index in [4.69, 9.17) is 5.73 Å². The summed E-state index contributed by atoms with van der Waals surface area (Å²) in [5.74, 6) is -2.00. The van der Waals surface area contributed by atoms with Gasteiger partial charge in [0.05, 0.1) is 6.04 Å². The number of aromatic hydroxyl groups is 1. The second kappa shape index (κ2) is 14.1. The lowest BCUT2D eigenvalue weighted by Crippen LogP contribution is -2.59. The number of aliphatic carboxylic acids is 1. The van der Waals surface area contributed by atoms with Gasteiger partial charge in [0, 0.05) is 13.0 Å². The average molecular weight is 523 g/mol. The first-order valence-corrected chi connectivity index (χ1v) is 13.6. The van der Waals surface area contributed by atoms with E-state index in [1.165, 1.54) is 17.0 Å². The molecule has 2 rings (SSSR count). The summed E-state index contributed by atoms with van der Waals surface area (Å²) < 4.78 is 0. The zero-order valence-electron chi connectivity index (χ0n) is 21.1. The molecule has 6 N–H and O–H groups in total. The number of amides is 3. The maximum absolute atomic E-state index is 13.5. The predicted molar refractivity (Wildman–Crippen MR) is 138 cm³/mol. The lowest BCUT2D eigenvalue weighted by atomic mass is 9.96. The Bertz CT molecular complexity index is 912. The number of phenolic OH excluding ortho intramolecular Hbond substituents is 1. The van der Waals surface area contributed by atoms with E-state index in [0.717, 1.165) is 0 Å². The van der Waals surface area contributed by atoms with Crippen LogP contribution >= 0.6 is 11.8 Å². The van der Waals surface area contributed by atoms with Crippen LogP contribution in [0.1, 0.15) is 45.1 Å². The Morgan fingerprint density at radius 2 is 1.83 bits per heavy atom. The fourth-order valence-corrected chi connectivity index (χ4v) is 4.64. The van der Waals surface area contributed by atoms with Crippen LogP contribution in [0.15, 0.2) is 24.3 Å². The molecule has 1 heterocycles.